The molecule has 2 rings (SSSR count). The molecule has 110 valence electrons. The number of aryl methyl sites for hydroxylation is 1. The van der Waals surface area contributed by atoms with Gasteiger partial charge in [-0.3, -0.25) is 0 Å². The Balaban J connectivity index is 1.93. The van der Waals surface area contributed by atoms with E-state index in [1.165, 1.54) is 0 Å². The molecule has 0 saturated carbocycles. The van der Waals surface area contributed by atoms with Crippen LogP contribution in [-0.2, 0) is 6.42 Å². The number of hydrogen-bond donors (Lipinski definition) is 2. The molecule has 6 nitrogen and oxygen atoms in total. The highest BCUT2D eigenvalue weighted by molar-refractivity contribution is 5.64. The lowest BCUT2D eigenvalue weighted by molar-refractivity contribution is 0.194. The number of nitrogens with zero attached hydrogens (tertiary/aromatic N) is 2. The lowest BCUT2D eigenvalue weighted by Gasteiger charge is -2.04. The zero-order chi connectivity index (χ0) is 15.1. The molecule has 1 amide bonds. The molecule has 1 heterocycles. The Kier molecular flexibility index (Phi) is 5.09. The number of carbonyl (C=O) groups is 1. The maximum atomic E-state index is 10.3. The second-order valence-corrected chi connectivity index (χ2v) is 4.47. The van der Waals surface area contributed by atoms with E-state index in [1.807, 2.05) is 36.4 Å². The lowest BCUT2D eigenvalue weighted by Crippen LogP contribution is -2.22. The van der Waals surface area contributed by atoms with Crippen LogP contribution in [-0.4, -0.2) is 35.1 Å². The number of hydrogen-bond acceptors (Lipinski definition) is 4. The summed E-state index contributed by atoms with van der Waals surface area (Å²) < 4.78 is 5.11. The molecule has 0 fully saturated rings. The predicted octanol–water partition coefficient (Wildman–Crippen LogP) is 2.35. The van der Waals surface area contributed by atoms with Gasteiger partial charge in [-0.1, -0.05) is 0 Å². The van der Waals surface area contributed by atoms with E-state index in [0.717, 1.165) is 22.7 Å². The summed E-state index contributed by atoms with van der Waals surface area (Å²) >= 11 is 0. The summed E-state index contributed by atoms with van der Waals surface area (Å²) in [4.78, 5) is 10.3. The Morgan fingerprint density at radius 2 is 1.95 bits per heavy atom. The molecule has 0 aliphatic carbocycles. The van der Waals surface area contributed by atoms with Crippen LogP contribution < -0.4 is 10.1 Å². The summed E-state index contributed by atoms with van der Waals surface area (Å²) in [6.07, 6.45) is 0.384. The van der Waals surface area contributed by atoms with Gasteiger partial charge < -0.3 is 15.2 Å². The molecule has 0 saturated heterocycles. The third-order valence-corrected chi connectivity index (χ3v) is 2.99. The van der Waals surface area contributed by atoms with Gasteiger partial charge in [-0.2, -0.15) is 10.2 Å². The molecular weight excluding hydrogens is 270 g/mol. The van der Waals surface area contributed by atoms with Crippen molar-refractivity contribution in [3.63, 3.8) is 0 Å². The number of nitrogens with one attached hydrogen (secondary N) is 1. The third-order valence-electron chi connectivity index (χ3n) is 2.99. The Labute approximate surface area is 122 Å². The number of aromatic nitrogens is 2. The van der Waals surface area contributed by atoms with Crippen LogP contribution in [0.5, 0.6) is 5.75 Å². The van der Waals surface area contributed by atoms with Crippen LogP contribution in [0.1, 0.15) is 12.1 Å². The van der Waals surface area contributed by atoms with Crippen LogP contribution >= 0.6 is 0 Å². The van der Waals surface area contributed by atoms with Crippen molar-refractivity contribution in [2.75, 3.05) is 13.7 Å². The minimum absolute atomic E-state index is 0.414. The van der Waals surface area contributed by atoms with Gasteiger partial charge in [-0.15, -0.1) is 0 Å². The molecule has 6 heteroatoms. The van der Waals surface area contributed by atoms with Gasteiger partial charge in [0.2, 0.25) is 0 Å². The average molecular weight is 287 g/mol. The van der Waals surface area contributed by atoms with Crippen molar-refractivity contribution in [1.82, 2.24) is 15.5 Å². The second-order valence-electron chi connectivity index (χ2n) is 4.47. The van der Waals surface area contributed by atoms with Gasteiger partial charge in [0.1, 0.15) is 5.75 Å². The highest BCUT2D eigenvalue weighted by Crippen LogP contribution is 2.20. The molecule has 1 aromatic carbocycles. The van der Waals surface area contributed by atoms with Gasteiger partial charge in [0.15, 0.2) is 0 Å². The summed E-state index contributed by atoms with van der Waals surface area (Å²) in [5, 5.41) is 19.1. The molecule has 0 bridgehead atoms. The number of ether oxygens (including phenoxy) is 1. The zero-order valence-electron chi connectivity index (χ0n) is 11.7. The number of carboxylic acid groups (broad SMARTS) is 1. The van der Waals surface area contributed by atoms with Crippen molar-refractivity contribution in [2.24, 2.45) is 0 Å². The van der Waals surface area contributed by atoms with Gasteiger partial charge >= 0.3 is 6.09 Å². The molecule has 0 aliphatic rings. The van der Waals surface area contributed by atoms with Crippen LogP contribution in [0.2, 0.25) is 0 Å². The fraction of sp³-hybridized carbons (Fsp3) is 0.267. The smallest absolute Gasteiger partial charge is 0.404 e. The standard InChI is InChI=1S/C15H17N3O3/c1-21-13-7-4-11(5-8-13)14-9-6-12(17-18-14)3-2-10-16-15(19)20/h4-9,16H,2-3,10H2,1H3,(H,19,20). The van der Waals surface area contributed by atoms with E-state index in [-0.39, 0.29) is 0 Å². The predicted molar refractivity (Wildman–Crippen MR) is 78.4 cm³/mol. The van der Waals surface area contributed by atoms with Crippen molar-refractivity contribution >= 4 is 6.09 Å². The number of rotatable bonds is 6. The molecular formula is C15H17N3O3. The normalized spacial score (nSPS) is 10.1. The summed E-state index contributed by atoms with van der Waals surface area (Å²) in [6.45, 7) is 0.414. The molecule has 0 aliphatic heterocycles. The van der Waals surface area contributed by atoms with Crippen LogP contribution in [0.25, 0.3) is 11.3 Å². The van der Waals surface area contributed by atoms with Crippen molar-refractivity contribution in [1.29, 1.82) is 0 Å². The number of amides is 1. The fourth-order valence-corrected chi connectivity index (χ4v) is 1.87. The van der Waals surface area contributed by atoms with E-state index in [0.29, 0.717) is 19.4 Å². The van der Waals surface area contributed by atoms with E-state index in [9.17, 15) is 4.79 Å². The molecule has 0 radical (unpaired) electrons. The van der Waals surface area contributed by atoms with Crippen LogP contribution in [0.4, 0.5) is 4.79 Å². The molecule has 0 atom stereocenters. The van der Waals surface area contributed by atoms with Crippen molar-refractivity contribution in [3.8, 4) is 17.0 Å². The summed E-state index contributed by atoms with van der Waals surface area (Å²) in [7, 11) is 1.63. The zero-order valence-corrected chi connectivity index (χ0v) is 11.7. The first-order chi connectivity index (χ1) is 10.2. The number of methoxy groups -OCH3 is 1. The minimum atomic E-state index is -1.00. The van der Waals surface area contributed by atoms with Crippen LogP contribution in [0, 0.1) is 0 Å². The quantitative estimate of drug-likeness (QED) is 0.797. The highest BCUT2D eigenvalue weighted by atomic mass is 16.5. The van der Waals surface area contributed by atoms with Crippen molar-refractivity contribution < 1.29 is 14.6 Å². The Hall–Kier alpha value is -2.63. The summed E-state index contributed by atoms with van der Waals surface area (Å²) in [5.74, 6) is 0.800. The Morgan fingerprint density at radius 3 is 2.52 bits per heavy atom. The Bertz CT molecular complexity index is 582. The van der Waals surface area contributed by atoms with Crippen molar-refractivity contribution in [2.45, 2.75) is 12.8 Å². The molecule has 2 N–H and O–H groups in total. The van der Waals surface area contributed by atoms with Gasteiger partial charge in [-0.05, 0) is 49.2 Å². The average Bonchev–Trinajstić information content (AvgIpc) is 2.52. The van der Waals surface area contributed by atoms with E-state index in [2.05, 4.69) is 15.5 Å². The Morgan fingerprint density at radius 1 is 1.19 bits per heavy atom. The minimum Gasteiger partial charge on any atom is -0.497 e. The summed E-state index contributed by atoms with van der Waals surface area (Å²) in [6, 6.07) is 11.4. The molecule has 0 unspecified atom stereocenters. The largest absolute Gasteiger partial charge is 0.497 e. The topological polar surface area (TPSA) is 84.3 Å². The van der Waals surface area contributed by atoms with E-state index < -0.39 is 6.09 Å². The molecule has 0 spiro atoms. The second kappa shape index (κ2) is 7.23. The van der Waals surface area contributed by atoms with Crippen molar-refractivity contribution in [3.05, 3.63) is 42.1 Å². The molecule has 1 aromatic heterocycles. The lowest BCUT2D eigenvalue weighted by atomic mass is 10.1. The van der Waals surface area contributed by atoms with Crippen LogP contribution in [0.3, 0.4) is 0 Å². The van der Waals surface area contributed by atoms with Gasteiger partial charge in [0.05, 0.1) is 18.5 Å². The first kappa shape index (κ1) is 14.8. The maximum Gasteiger partial charge on any atom is 0.404 e. The molecule has 2 aromatic rings. The maximum absolute atomic E-state index is 10.3. The summed E-state index contributed by atoms with van der Waals surface area (Å²) in [5.41, 5.74) is 2.62. The number of benzene rings is 1. The third kappa shape index (κ3) is 4.45. The monoisotopic (exact) mass is 287 g/mol. The molecule has 21 heavy (non-hydrogen) atoms. The first-order valence-electron chi connectivity index (χ1n) is 6.63. The van der Waals surface area contributed by atoms with Gasteiger partial charge in [-0.25, -0.2) is 4.79 Å². The fourth-order valence-electron chi connectivity index (χ4n) is 1.87. The van der Waals surface area contributed by atoms with Gasteiger partial charge in [0.25, 0.3) is 0 Å². The van der Waals surface area contributed by atoms with E-state index >= 15 is 0 Å². The SMILES string of the molecule is COc1ccc(-c2ccc(CCCNC(=O)O)nn2)cc1. The highest BCUT2D eigenvalue weighted by Gasteiger charge is 2.02. The van der Waals surface area contributed by atoms with E-state index in [4.69, 9.17) is 9.84 Å². The first-order valence-corrected chi connectivity index (χ1v) is 6.63. The van der Waals surface area contributed by atoms with E-state index in [1.54, 1.807) is 7.11 Å². The van der Waals surface area contributed by atoms with Crippen LogP contribution in [0.15, 0.2) is 36.4 Å². The van der Waals surface area contributed by atoms with Gasteiger partial charge in [0, 0.05) is 12.1 Å².